The van der Waals surface area contributed by atoms with Gasteiger partial charge in [-0.05, 0) is 0 Å². The Bertz CT molecular complexity index is 1060. The van der Waals surface area contributed by atoms with Crippen molar-refractivity contribution in [3.63, 3.8) is 0 Å². The van der Waals surface area contributed by atoms with Gasteiger partial charge in [0, 0.05) is 27.2 Å². The van der Waals surface area contributed by atoms with Crippen LogP contribution in [0.4, 0.5) is 5.82 Å². The predicted octanol–water partition coefficient (Wildman–Crippen LogP) is -0.720. The van der Waals surface area contributed by atoms with Gasteiger partial charge >= 0.3 is 11.9 Å². The molecule has 0 bridgehead atoms. The molecule has 3 heterocycles. The molecule has 1 aliphatic rings. The lowest BCUT2D eigenvalue weighted by molar-refractivity contribution is -0.160. The number of aliphatic hydroxyl groups excluding tert-OH is 2. The van der Waals surface area contributed by atoms with Crippen molar-refractivity contribution < 1.29 is 48.3 Å². The number of nitrogens with one attached hydrogen (secondary N) is 1. The summed E-state index contributed by atoms with van der Waals surface area (Å²) in [6.45, 7) is 3.09. The van der Waals surface area contributed by atoms with Crippen LogP contribution in [0, 0.1) is 0 Å². The fourth-order valence-electron chi connectivity index (χ4n) is 3.59. The number of imidazole rings is 1. The van der Waals surface area contributed by atoms with Crippen molar-refractivity contribution >= 4 is 34.8 Å². The molecule has 1 fully saturated rings. The number of esters is 2. The van der Waals surface area contributed by atoms with Crippen LogP contribution < -0.4 is 5.32 Å². The van der Waals surface area contributed by atoms with Crippen LogP contribution in [-0.4, -0.2) is 98.6 Å². The minimum Gasteiger partial charge on any atom is -0.462 e. The molecule has 1 saturated heterocycles. The number of nitrogens with zero attached hydrogens (tertiary/aromatic N) is 4. The zero-order chi connectivity index (χ0) is 26.2. The molecule has 5 atom stereocenters. The Balaban J connectivity index is 1.64. The maximum absolute atomic E-state index is 11.5. The Kier molecular flexibility index (Phi) is 9.60. The molecular weight excluding hydrogens is 482 g/mol. The van der Waals surface area contributed by atoms with Gasteiger partial charge < -0.3 is 39.2 Å². The first kappa shape index (κ1) is 27.3. The Labute approximate surface area is 205 Å². The average molecular weight is 511 g/mol. The average Bonchev–Trinajstić information content (AvgIpc) is 3.37. The minimum absolute atomic E-state index is 0.0955. The van der Waals surface area contributed by atoms with E-state index in [4.69, 9.17) is 23.7 Å². The van der Waals surface area contributed by atoms with Gasteiger partial charge in [0.05, 0.1) is 19.5 Å². The molecular formula is C21H29N5O10. The summed E-state index contributed by atoms with van der Waals surface area (Å²) in [6, 6.07) is 0. The van der Waals surface area contributed by atoms with E-state index in [2.05, 4.69) is 20.3 Å². The minimum atomic E-state index is -1.20. The topological polar surface area (TPSA) is 193 Å². The van der Waals surface area contributed by atoms with Crippen LogP contribution in [0.1, 0.15) is 33.4 Å². The Morgan fingerprint density at radius 2 is 1.97 bits per heavy atom. The molecule has 3 rings (SSSR count). The molecule has 0 aromatic carbocycles. The quantitative estimate of drug-likeness (QED) is 0.184. The number of hydrogen-bond acceptors (Lipinski definition) is 13. The lowest BCUT2D eigenvalue weighted by Gasteiger charge is -2.22. The van der Waals surface area contributed by atoms with E-state index in [9.17, 15) is 24.6 Å². The molecule has 0 spiro atoms. The first-order valence-corrected chi connectivity index (χ1v) is 11.1. The van der Waals surface area contributed by atoms with E-state index in [-0.39, 0.29) is 38.2 Å². The van der Waals surface area contributed by atoms with Gasteiger partial charge in [-0.25, -0.2) is 15.0 Å². The van der Waals surface area contributed by atoms with Crippen molar-refractivity contribution in [1.82, 2.24) is 19.5 Å². The van der Waals surface area contributed by atoms with E-state index in [1.807, 2.05) is 0 Å². The van der Waals surface area contributed by atoms with E-state index in [1.165, 1.54) is 38.0 Å². The molecule has 0 radical (unpaired) electrons. The fourth-order valence-corrected chi connectivity index (χ4v) is 3.59. The van der Waals surface area contributed by atoms with Gasteiger partial charge in [0.1, 0.15) is 44.1 Å². The molecule has 198 valence electrons. The predicted molar refractivity (Wildman–Crippen MR) is 119 cm³/mol. The molecule has 36 heavy (non-hydrogen) atoms. The summed E-state index contributed by atoms with van der Waals surface area (Å²) < 4.78 is 28.5. The van der Waals surface area contributed by atoms with Crippen molar-refractivity contribution in [3.05, 3.63) is 12.7 Å². The third-order valence-corrected chi connectivity index (χ3v) is 5.15. The molecule has 1 unspecified atom stereocenters. The van der Waals surface area contributed by atoms with E-state index < -0.39 is 49.2 Å². The summed E-state index contributed by atoms with van der Waals surface area (Å²) in [7, 11) is 0. The van der Waals surface area contributed by atoms with Crippen LogP contribution in [-0.2, 0) is 38.1 Å². The van der Waals surface area contributed by atoms with E-state index in [0.29, 0.717) is 11.2 Å². The highest BCUT2D eigenvalue weighted by Gasteiger charge is 2.46. The number of amides is 1. The van der Waals surface area contributed by atoms with Crippen LogP contribution in [0.5, 0.6) is 0 Å². The molecule has 3 N–H and O–H groups in total. The molecule has 0 saturated carbocycles. The second-order valence-corrected chi connectivity index (χ2v) is 7.95. The maximum atomic E-state index is 11.5. The van der Waals surface area contributed by atoms with Crippen molar-refractivity contribution in [2.24, 2.45) is 0 Å². The van der Waals surface area contributed by atoms with E-state index in [1.54, 1.807) is 0 Å². The standard InChI is InChI=1S/C21H29N5O10/c1-11(28)25-19-16-20(23-8-22-19)26(9-24-16)21-18(17(31)15(6-27)36-21)34-10-32-5-4-14(35-13(3)30)7-33-12(2)29/h8-9,14-15,17-18,21,27,31H,4-7,10H2,1-3H3,(H,22,23,25,28)/t14?,15-,17-,18-,21-/m1/s1. The Morgan fingerprint density at radius 1 is 1.19 bits per heavy atom. The van der Waals surface area contributed by atoms with Crippen LogP contribution in [0.3, 0.4) is 0 Å². The molecule has 1 amide bonds. The molecule has 2 aromatic heterocycles. The second-order valence-electron chi connectivity index (χ2n) is 7.95. The second kappa shape index (κ2) is 12.6. The monoisotopic (exact) mass is 511 g/mol. The summed E-state index contributed by atoms with van der Waals surface area (Å²) in [5.41, 5.74) is 0.617. The Morgan fingerprint density at radius 3 is 2.64 bits per heavy atom. The SMILES string of the molecule is CC(=O)Nc1ncnc2c1ncn2[C@@H]1O[C@H](CO)[C@@H](O)[C@H]1OCOCCC(COC(C)=O)OC(C)=O. The summed E-state index contributed by atoms with van der Waals surface area (Å²) >= 11 is 0. The third-order valence-electron chi connectivity index (χ3n) is 5.15. The Hall–Kier alpha value is -3.24. The molecule has 1 aliphatic heterocycles. The number of carbonyl (C=O) groups is 3. The van der Waals surface area contributed by atoms with Crippen LogP contribution in [0.25, 0.3) is 11.2 Å². The van der Waals surface area contributed by atoms with Crippen molar-refractivity contribution in [1.29, 1.82) is 0 Å². The van der Waals surface area contributed by atoms with Crippen molar-refractivity contribution in [2.45, 2.75) is 57.8 Å². The van der Waals surface area contributed by atoms with Gasteiger partial charge in [0.15, 0.2) is 23.2 Å². The highest BCUT2D eigenvalue weighted by molar-refractivity contribution is 5.95. The van der Waals surface area contributed by atoms with Gasteiger partial charge in [-0.3, -0.25) is 19.0 Å². The number of anilines is 1. The maximum Gasteiger partial charge on any atom is 0.303 e. The number of hydrogen-bond donors (Lipinski definition) is 3. The smallest absolute Gasteiger partial charge is 0.303 e. The van der Waals surface area contributed by atoms with Crippen LogP contribution in [0.2, 0.25) is 0 Å². The summed E-state index contributed by atoms with van der Waals surface area (Å²) in [5.74, 6) is -1.15. The van der Waals surface area contributed by atoms with Gasteiger partial charge in [0.2, 0.25) is 5.91 Å². The van der Waals surface area contributed by atoms with Crippen molar-refractivity contribution in [2.75, 3.05) is 31.9 Å². The van der Waals surface area contributed by atoms with E-state index in [0.717, 1.165) is 0 Å². The molecule has 15 heteroatoms. The number of aromatic nitrogens is 4. The lowest BCUT2D eigenvalue weighted by atomic mass is 10.1. The first-order chi connectivity index (χ1) is 17.2. The highest BCUT2D eigenvalue weighted by atomic mass is 16.7. The fraction of sp³-hybridized carbons (Fsp3) is 0.619. The van der Waals surface area contributed by atoms with E-state index >= 15 is 0 Å². The van der Waals surface area contributed by atoms with Crippen LogP contribution in [0.15, 0.2) is 12.7 Å². The zero-order valence-corrected chi connectivity index (χ0v) is 20.0. The van der Waals surface area contributed by atoms with Crippen LogP contribution >= 0.6 is 0 Å². The number of fused-ring (bicyclic) bond motifs is 1. The normalized spacial score (nSPS) is 22.4. The number of rotatable bonds is 12. The molecule has 0 aliphatic carbocycles. The first-order valence-electron chi connectivity index (χ1n) is 11.1. The largest absolute Gasteiger partial charge is 0.462 e. The van der Waals surface area contributed by atoms with Gasteiger partial charge in [-0.2, -0.15) is 0 Å². The van der Waals surface area contributed by atoms with Gasteiger partial charge in [-0.1, -0.05) is 0 Å². The summed E-state index contributed by atoms with van der Waals surface area (Å²) in [4.78, 5) is 46.2. The van der Waals surface area contributed by atoms with Gasteiger partial charge in [0.25, 0.3) is 0 Å². The summed E-state index contributed by atoms with van der Waals surface area (Å²) in [6.07, 6.45) is -1.84. The van der Waals surface area contributed by atoms with Gasteiger partial charge in [-0.15, -0.1) is 0 Å². The molecule has 2 aromatic rings. The number of aliphatic hydroxyl groups is 2. The number of carbonyl (C=O) groups excluding carboxylic acids is 3. The van der Waals surface area contributed by atoms with Crippen molar-refractivity contribution in [3.8, 4) is 0 Å². The zero-order valence-electron chi connectivity index (χ0n) is 20.0. The highest BCUT2D eigenvalue weighted by Crippen LogP contribution is 2.34. The third kappa shape index (κ3) is 6.92. The lowest BCUT2D eigenvalue weighted by Crippen LogP contribution is -2.36. The molecule has 15 nitrogen and oxygen atoms in total. The number of ether oxygens (including phenoxy) is 5. The summed E-state index contributed by atoms with van der Waals surface area (Å²) in [5, 5.41) is 22.8.